The van der Waals surface area contributed by atoms with Gasteiger partial charge in [-0.05, 0) is 32.9 Å². The Balaban J connectivity index is 0.00000289. The number of aryl methyl sites for hydroxylation is 1. The molecule has 0 aromatic heterocycles. The van der Waals surface area contributed by atoms with Crippen molar-refractivity contribution in [2.75, 3.05) is 20.2 Å². The van der Waals surface area contributed by atoms with Crippen molar-refractivity contribution in [3.63, 3.8) is 0 Å². The molecule has 1 rings (SSSR count). The molecule has 1 aromatic rings. The summed E-state index contributed by atoms with van der Waals surface area (Å²) in [6.07, 6.45) is 0.722. The number of rotatable bonds is 6. The molecule has 1 unspecified atom stereocenters. The van der Waals surface area contributed by atoms with Gasteiger partial charge in [0, 0.05) is 6.54 Å². The van der Waals surface area contributed by atoms with Gasteiger partial charge in [0.1, 0.15) is 0 Å². The highest BCUT2D eigenvalue weighted by Crippen LogP contribution is 2.11. The smallest absolute Gasteiger partial charge is 0.310 e. The van der Waals surface area contributed by atoms with Crippen LogP contribution < -0.4 is 5.32 Å². The second kappa shape index (κ2) is 8.95. The quantitative estimate of drug-likeness (QED) is 0.808. The minimum absolute atomic E-state index is 0. The summed E-state index contributed by atoms with van der Waals surface area (Å²) in [7, 11) is 1.85. The molecular weight excluding hydrogens is 250 g/mol. The molecule has 18 heavy (non-hydrogen) atoms. The average Bonchev–Trinajstić information content (AvgIpc) is 2.31. The molecule has 0 saturated heterocycles. The summed E-state index contributed by atoms with van der Waals surface area (Å²) in [4.78, 5) is 11.7. The van der Waals surface area contributed by atoms with Crippen molar-refractivity contribution < 1.29 is 9.53 Å². The lowest BCUT2D eigenvalue weighted by Crippen LogP contribution is -2.29. The third kappa shape index (κ3) is 5.52. The molecule has 0 aliphatic carbocycles. The van der Waals surface area contributed by atoms with Crippen molar-refractivity contribution in [3.05, 3.63) is 35.4 Å². The van der Waals surface area contributed by atoms with Crippen LogP contribution in [0.1, 0.15) is 18.1 Å². The number of hydrogen-bond donors (Lipinski definition) is 1. The molecule has 1 atom stereocenters. The van der Waals surface area contributed by atoms with Crippen LogP contribution in [0, 0.1) is 12.8 Å². The van der Waals surface area contributed by atoms with Crippen molar-refractivity contribution in [3.8, 4) is 0 Å². The molecule has 0 amide bonds. The summed E-state index contributed by atoms with van der Waals surface area (Å²) in [5, 5.41) is 3.04. The fourth-order valence-electron chi connectivity index (χ4n) is 1.75. The van der Waals surface area contributed by atoms with E-state index < -0.39 is 0 Å². The van der Waals surface area contributed by atoms with Crippen LogP contribution in [0.2, 0.25) is 0 Å². The van der Waals surface area contributed by atoms with Crippen LogP contribution in [0.4, 0.5) is 0 Å². The molecule has 0 aliphatic heterocycles. The third-order valence-electron chi connectivity index (χ3n) is 2.67. The summed E-state index contributed by atoms with van der Waals surface area (Å²) in [6.45, 7) is 4.97. The predicted molar refractivity (Wildman–Crippen MR) is 76.2 cm³/mol. The van der Waals surface area contributed by atoms with E-state index in [1.165, 1.54) is 11.1 Å². The Bertz CT molecular complexity index is 351. The maximum atomic E-state index is 11.7. The van der Waals surface area contributed by atoms with Gasteiger partial charge in [-0.2, -0.15) is 0 Å². The number of benzene rings is 1. The van der Waals surface area contributed by atoms with Gasteiger partial charge in [-0.1, -0.05) is 29.8 Å². The zero-order chi connectivity index (χ0) is 12.7. The first-order chi connectivity index (χ1) is 8.17. The van der Waals surface area contributed by atoms with Crippen LogP contribution in [0.15, 0.2) is 24.3 Å². The topological polar surface area (TPSA) is 38.3 Å². The first-order valence-electron chi connectivity index (χ1n) is 6.04. The molecule has 0 radical (unpaired) electrons. The van der Waals surface area contributed by atoms with Crippen LogP contribution in [0.3, 0.4) is 0 Å². The second-order valence-corrected chi connectivity index (χ2v) is 4.20. The lowest BCUT2D eigenvalue weighted by molar-refractivity contribution is -0.147. The van der Waals surface area contributed by atoms with Crippen LogP contribution in [-0.2, 0) is 16.0 Å². The Morgan fingerprint density at radius 3 is 2.44 bits per heavy atom. The van der Waals surface area contributed by atoms with E-state index in [1.54, 1.807) is 0 Å². The first-order valence-corrected chi connectivity index (χ1v) is 6.04. The number of nitrogens with one attached hydrogen (secondary N) is 1. The Kier molecular flexibility index (Phi) is 8.42. The molecule has 0 fully saturated rings. The Hall–Kier alpha value is -1.06. The van der Waals surface area contributed by atoms with E-state index in [1.807, 2.05) is 14.0 Å². The van der Waals surface area contributed by atoms with Crippen molar-refractivity contribution in [1.29, 1.82) is 0 Å². The van der Waals surface area contributed by atoms with E-state index in [0.717, 1.165) is 6.42 Å². The van der Waals surface area contributed by atoms with Gasteiger partial charge < -0.3 is 10.1 Å². The molecule has 4 heteroatoms. The Labute approximate surface area is 115 Å². The van der Waals surface area contributed by atoms with Gasteiger partial charge >= 0.3 is 5.97 Å². The van der Waals surface area contributed by atoms with Gasteiger partial charge in [0.25, 0.3) is 0 Å². The molecule has 3 nitrogen and oxygen atoms in total. The molecule has 0 aliphatic rings. The standard InChI is InChI=1S/C14H21NO2.ClH/c1-4-17-14(16)13(10-15-3)9-12-7-5-11(2)6-8-12;/h5-8,13,15H,4,9-10H2,1-3H3;1H. The maximum Gasteiger partial charge on any atom is 0.310 e. The van der Waals surface area contributed by atoms with E-state index in [0.29, 0.717) is 13.2 Å². The highest BCUT2D eigenvalue weighted by molar-refractivity contribution is 5.85. The zero-order valence-corrected chi connectivity index (χ0v) is 12.0. The summed E-state index contributed by atoms with van der Waals surface area (Å²) >= 11 is 0. The van der Waals surface area contributed by atoms with Crippen molar-refractivity contribution >= 4 is 18.4 Å². The third-order valence-corrected chi connectivity index (χ3v) is 2.67. The van der Waals surface area contributed by atoms with Crippen LogP contribution in [0.5, 0.6) is 0 Å². The normalized spacial score (nSPS) is 11.5. The van der Waals surface area contributed by atoms with Gasteiger partial charge in [-0.3, -0.25) is 4.79 Å². The van der Waals surface area contributed by atoms with Crippen LogP contribution in [0.25, 0.3) is 0 Å². The molecule has 0 bridgehead atoms. The molecule has 0 heterocycles. The van der Waals surface area contributed by atoms with Gasteiger partial charge in [0.15, 0.2) is 0 Å². The number of carbonyl (C=O) groups is 1. The van der Waals surface area contributed by atoms with Crippen molar-refractivity contribution in [2.24, 2.45) is 5.92 Å². The highest BCUT2D eigenvalue weighted by Gasteiger charge is 2.19. The second-order valence-electron chi connectivity index (χ2n) is 4.20. The summed E-state index contributed by atoms with van der Waals surface area (Å²) in [6, 6.07) is 8.27. The van der Waals surface area contributed by atoms with Crippen LogP contribution in [-0.4, -0.2) is 26.2 Å². The Morgan fingerprint density at radius 1 is 1.33 bits per heavy atom. The average molecular weight is 272 g/mol. The summed E-state index contributed by atoms with van der Waals surface area (Å²) in [5.41, 5.74) is 2.40. The van der Waals surface area contributed by atoms with Crippen molar-refractivity contribution in [1.82, 2.24) is 5.32 Å². The van der Waals surface area contributed by atoms with Gasteiger partial charge in [0.2, 0.25) is 0 Å². The Morgan fingerprint density at radius 2 is 1.94 bits per heavy atom. The van der Waals surface area contributed by atoms with Crippen LogP contribution >= 0.6 is 12.4 Å². The SMILES string of the molecule is CCOC(=O)C(CNC)Cc1ccc(C)cc1.Cl. The molecule has 0 spiro atoms. The van der Waals surface area contributed by atoms with Gasteiger partial charge in [0.05, 0.1) is 12.5 Å². The van der Waals surface area contributed by atoms with E-state index in [4.69, 9.17) is 4.74 Å². The fraction of sp³-hybridized carbons (Fsp3) is 0.500. The lowest BCUT2D eigenvalue weighted by Gasteiger charge is -2.15. The fourth-order valence-corrected chi connectivity index (χ4v) is 1.75. The summed E-state index contributed by atoms with van der Waals surface area (Å²) < 4.78 is 5.07. The number of esters is 1. The largest absolute Gasteiger partial charge is 0.466 e. The predicted octanol–water partition coefficient (Wildman–Crippen LogP) is 2.36. The van der Waals surface area contributed by atoms with E-state index in [2.05, 4.69) is 36.5 Å². The van der Waals surface area contributed by atoms with Crippen molar-refractivity contribution in [2.45, 2.75) is 20.3 Å². The minimum atomic E-state index is -0.123. The molecule has 1 N–H and O–H groups in total. The highest BCUT2D eigenvalue weighted by atomic mass is 35.5. The number of ether oxygens (including phenoxy) is 1. The minimum Gasteiger partial charge on any atom is -0.466 e. The molecule has 102 valence electrons. The number of carbonyl (C=O) groups excluding carboxylic acids is 1. The molecular formula is C14H22ClNO2. The molecule has 1 aromatic carbocycles. The van der Waals surface area contributed by atoms with E-state index in [-0.39, 0.29) is 24.3 Å². The maximum absolute atomic E-state index is 11.7. The summed E-state index contributed by atoms with van der Waals surface area (Å²) in [5.74, 6) is -0.231. The number of halogens is 1. The monoisotopic (exact) mass is 271 g/mol. The van der Waals surface area contributed by atoms with Gasteiger partial charge in [-0.15, -0.1) is 12.4 Å². The lowest BCUT2D eigenvalue weighted by atomic mass is 9.98. The first kappa shape index (κ1) is 16.9. The zero-order valence-electron chi connectivity index (χ0n) is 11.2. The number of hydrogen-bond acceptors (Lipinski definition) is 3. The van der Waals surface area contributed by atoms with E-state index in [9.17, 15) is 4.79 Å². The molecule has 0 saturated carbocycles. The van der Waals surface area contributed by atoms with Gasteiger partial charge in [-0.25, -0.2) is 0 Å². The van der Waals surface area contributed by atoms with E-state index >= 15 is 0 Å².